The minimum Gasteiger partial charge on any atom is -0.390 e. The number of nitrogens with zero attached hydrogens (tertiary/aromatic N) is 4. The number of fused-ring (bicyclic) bond motifs is 1. The van der Waals surface area contributed by atoms with Crippen LogP contribution in [0.25, 0.3) is 0 Å². The number of carbonyl (C=O) groups is 2. The van der Waals surface area contributed by atoms with Gasteiger partial charge >= 0.3 is 12.3 Å². The fraction of sp³-hybridized carbons (Fsp3) is 0.458. The molecule has 1 unspecified atom stereocenters. The molecule has 1 saturated heterocycles. The summed E-state index contributed by atoms with van der Waals surface area (Å²) in [5.41, 5.74) is 4.20. The molecule has 1 aromatic carbocycles. The Hall–Kier alpha value is -3.18. The standard InChI is InChI=1S/C24H26F3N5O3/c1-14-12-30(23(34)35-22-19(24(25,26)27)4-3-9-28-22)21-10-16(5-8-20(21)32(14)15(2)33)17-11-29-31(13-17)18-6-7-18/h3-5,8-10,14,17-18,29H,6-7,11-13H2,1-2H3/t14-,17?/m0/s1. The number of pyridine rings is 1. The van der Waals surface area contributed by atoms with Gasteiger partial charge in [-0.15, -0.1) is 0 Å². The van der Waals surface area contributed by atoms with Crippen LogP contribution in [-0.4, -0.2) is 53.7 Å². The molecule has 2 aromatic rings. The van der Waals surface area contributed by atoms with Crippen molar-refractivity contribution >= 4 is 23.4 Å². The van der Waals surface area contributed by atoms with Crippen LogP contribution in [0.2, 0.25) is 0 Å². The zero-order chi connectivity index (χ0) is 24.9. The molecule has 1 N–H and O–H groups in total. The van der Waals surface area contributed by atoms with E-state index in [1.54, 1.807) is 17.9 Å². The number of hydrogen-bond acceptors (Lipinski definition) is 6. The van der Waals surface area contributed by atoms with E-state index >= 15 is 0 Å². The molecule has 3 aliphatic rings. The first kappa shape index (κ1) is 23.6. The first-order valence-corrected chi connectivity index (χ1v) is 11.6. The summed E-state index contributed by atoms with van der Waals surface area (Å²) in [7, 11) is 0. The molecule has 0 bridgehead atoms. The number of amides is 2. The number of hydrazine groups is 1. The zero-order valence-electron chi connectivity index (χ0n) is 19.4. The fourth-order valence-electron chi connectivity index (χ4n) is 4.86. The van der Waals surface area contributed by atoms with Crippen molar-refractivity contribution in [1.82, 2.24) is 15.4 Å². The van der Waals surface area contributed by atoms with Crippen molar-refractivity contribution in [2.75, 3.05) is 29.4 Å². The molecule has 2 atom stereocenters. The molecule has 0 spiro atoms. The lowest BCUT2D eigenvalue weighted by molar-refractivity contribution is -0.138. The van der Waals surface area contributed by atoms with Crippen molar-refractivity contribution in [3.05, 3.63) is 47.7 Å². The highest BCUT2D eigenvalue weighted by atomic mass is 19.4. The fourth-order valence-corrected chi connectivity index (χ4v) is 4.86. The molecule has 2 fully saturated rings. The van der Waals surface area contributed by atoms with Gasteiger partial charge in [-0.2, -0.15) is 13.2 Å². The lowest BCUT2D eigenvalue weighted by Crippen LogP contribution is -2.52. The molecule has 1 saturated carbocycles. The molecule has 3 heterocycles. The Morgan fingerprint density at radius 1 is 1.14 bits per heavy atom. The lowest BCUT2D eigenvalue weighted by atomic mass is 9.97. The Bertz CT molecular complexity index is 1150. The molecular weight excluding hydrogens is 463 g/mol. The van der Waals surface area contributed by atoms with E-state index in [2.05, 4.69) is 15.4 Å². The topological polar surface area (TPSA) is 78.0 Å². The molecule has 5 rings (SSSR count). The molecule has 8 nitrogen and oxygen atoms in total. The van der Waals surface area contributed by atoms with E-state index in [1.807, 2.05) is 12.1 Å². The Morgan fingerprint density at radius 2 is 1.91 bits per heavy atom. The highest BCUT2D eigenvalue weighted by Gasteiger charge is 2.40. The third-order valence-corrected chi connectivity index (χ3v) is 6.67. The van der Waals surface area contributed by atoms with E-state index < -0.39 is 29.8 Å². The molecule has 2 amide bonds. The first-order chi connectivity index (χ1) is 16.6. The van der Waals surface area contributed by atoms with Crippen LogP contribution in [0.3, 0.4) is 0 Å². The number of halogens is 3. The maximum Gasteiger partial charge on any atom is 0.421 e. The van der Waals surface area contributed by atoms with Gasteiger partial charge in [0.1, 0.15) is 5.56 Å². The Balaban J connectivity index is 1.47. The molecule has 0 radical (unpaired) electrons. The van der Waals surface area contributed by atoms with Crippen molar-refractivity contribution in [3.63, 3.8) is 0 Å². The predicted octanol–water partition coefficient (Wildman–Crippen LogP) is 3.93. The van der Waals surface area contributed by atoms with Gasteiger partial charge in [-0.25, -0.2) is 14.8 Å². The quantitative estimate of drug-likeness (QED) is 0.704. The average molecular weight is 489 g/mol. The predicted molar refractivity (Wildman–Crippen MR) is 122 cm³/mol. The van der Waals surface area contributed by atoms with Gasteiger partial charge in [0.05, 0.1) is 17.4 Å². The van der Waals surface area contributed by atoms with Crippen LogP contribution in [0.15, 0.2) is 36.5 Å². The molecule has 11 heteroatoms. The maximum absolute atomic E-state index is 13.4. The second kappa shape index (κ2) is 8.80. The van der Waals surface area contributed by atoms with Crippen LogP contribution in [0.4, 0.5) is 29.3 Å². The van der Waals surface area contributed by atoms with E-state index in [4.69, 9.17) is 4.74 Å². The molecule has 2 aliphatic heterocycles. The van der Waals surface area contributed by atoms with Crippen LogP contribution in [0.1, 0.15) is 43.7 Å². The van der Waals surface area contributed by atoms with Crippen LogP contribution in [-0.2, 0) is 11.0 Å². The Labute approximate surface area is 200 Å². The van der Waals surface area contributed by atoms with E-state index in [9.17, 15) is 22.8 Å². The maximum atomic E-state index is 13.4. The molecule has 186 valence electrons. The van der Waals surface area contributed by atoms with Gasteiger partial charge in [-0.05, 0) is 49.6 Å². The number of aromatic nitrogens is 1. The smallest absolute Gasteiger partial charge is 0.390 e. The molecular formula is C24H26F3N5O3. The summed E-state index contributed by atoms with van der Waals surface area (Å²) in [6.45, 7) is 4.86. The van der Waals surface area contributed by atoms with Crippen molar-refractivity contribution in [1.29, 1.82) is 0 Å². The number of ether oxygens (including phenoxy) is 1. The third-order valence-electron chi connectivity index (χ3n) is 6.67. The van der Waals surface area contributed by atoms with Crippen LogP contribution < -0.4 is 20.0 Å². The number of hydrogen-bond donors (Lipinski definition) is 1. The van der Waals surface area contributed by atoms with Gasteiger partial charge in [0.2, 0.25) is 11.8 Å². The summed E-state index contributed by atoms with van der Waals surface area (Å²) in [6.07, 6.45) is -2.23. The van der Waals surface area contributed by atoms with E-state index in [0.29, 0.717) is 17.4 Å². The van der Waals surface area contributed by atoms with E-state index in [-0.39, 0.29) is 18.4 Å². The second-order valence-corrected chi connectivity index (χ2v) is 9.26. The van der Waals surface area contributed by atoms with Gasteiger partial charge in [0.15, 0.2) is 0 Å². The first-order valence-electron chi connectivity index (χ1n) is 11.6. The number of anilines is 2. The largest absolute Gasteiger partial charge is 0.421 e. The minimum absolute atomic E-state index is 0.0696. The zero-order valence-corrected chi connectivity index (χ0v) is 19.4. The van der Waals surface area contributed by atoms with Gasteiger partial charge in [0.25, 0.3) is 0 Å². The minimum atomic E-state index is -4.72. The summed E-state index contributed by atoms with van der Waals surface area (Å²) in [5.74, 6) is -0.813. The number of nitrogens with one attached hydrogen (secondary N) is 1. The average Bonchev–Trinajstić information content (AvgIpc) is 3.54. The van der Waals surface area contributed by atoms with Gasteiger partial charge in [-0.1, -0.05) is 6.07 Å². The molecule has 1 aliphatic carbocycles. The summed E-state index contributed by atoms with van der Waals surface area (Å²) < 4.78 is 45.4. The third kappa shape index (κ3) is 4.57. The van der Waals surface area contributed by atoms with Crippen molar-refractivity contribution in [2.24, 2.45) is 0 Å². The summed E-state index contributed by atoms with van der Waals surface area (Å²) >= 11 is 0. The van der Waals surface area contributed by atoms with Gasteiger partial charge in [-0.3, -0.25) is 15.1 Å². The lowest BCUT2D eigenvalue weighted by Gasteiger charge is -2.40. The SMILES string of the molecule is CC(=O)N1c2ccc(C3CNN(C4CC4)C3)cc2N(C(=O)Oc2ncccc2C(F)(F)F)C[C@@H]1C. The summed E-state index contributed by atoms with van der Waals surface area (Å²) in [6, 6.07) is 7.68. The highest BCUT2D eigenvalue weighted by Crippen LogP contribution is 2.40. The van der Waals surface area contributed by atoms with Crippen molar-refractivity contribution in [3.8, 4) is 5.88 Å². The van der Waals surface area contributed by atoms with Crippen LogP contribution in [0, 0.1) is 0 Å². The van der Waals surface area contributed by atoms with Crippen molar-refractivity contribution in [2.45, 2.75) is 50.9 Å². The number of alkyl halides is 3. The van der Waals surface area contributed by atoms with E-state index in [0.717, 1.165) is 37.0 Å². The number of rotatable bonds is 3. The summed E-state index contributed by atoms with van der Waals surface area (Å²) in [4.78, 5) is 32.1. The van der Waals surface area contributed by atoms with E-state index in [1.165, 1.54) is 24.7 Å². The monoisotopic (exact) mass is 489 g/mol. The second-order valence-electron chi connectivity index (χ2n) is 9.26. The Kier molecular flexibility index (Phi) is 5.92. The van der Waals surface area contributed by atoms with Gasteiger partial charge < -0.3 is 9.64 Å². The molecule has 35 heavy (non-hydrogen) atoms. The van der Waals surface area contributed by atoms with Crippen molar-refractivity contribution < 1.29 is 27.5 Å². The summed E-state index contributed by atoms with van der Waals surface area (Å²) in [5, 5.41) is 2.24. The number of benzene rings is 1. The van der Waals surface area contributed by atoms with Gasteiger partial charge in [0, 0.05) is 44.7 Å². The number of carbonyl (C=O) groups excluding carboxylic acids is 2. The van der Waals surface area contributed by atoms with Crippen LogP contribution in [0.5, 0.6) is 5.88 Å². The Morgan fingerprint density at radius 3 is 2.60 bits per heavy atom. The highest BCUT2D eigenvalue weighted by molar-refractivity contribution is 6.02. The normalized spacial score (nSPS) is 22.8. The molecule has 1 aromatic heterocycles. The van der Waals surface area contributed by atoms with Crippen LogP contribution >= 0.6 is 0 Å².